The molecule has 1 nitrogen and oxygen atoms in total. The number of hydrogen-bond donors (Lipinski definition) is 1. The Hall–Kier alpha value is -0.560. The van der Waals surface area contributed by atoms with Gasteiger partial charge in [0.2, 0.25) is 0 Å². The molecule has 1 heteroatoms. The van der Waals surface area contributed by atoms with Crippen molar-refractivity contribution in [3.8, 4) is 0 Å². The Balaban J connectivity index is 2.67. The molecule has 1 aliphatic carbocycles. The summed E-state index contributed by atoms with van der Waals surface area (Å²) in [5, 5.41) is 0. The Kier molecular flexibility index (Phi) is 2.69. The van der Waals surface area contributed by atoms with Crippen molar-refractivity contribution in [3.63, 3.8) is 0 Å². The lowest BCUT2D eigenvalue weighted by atomic mass is 9.96. The van der Waals surface area contributed by atoms with Gasteiger partial charge in [-0.2, -0.15) is 0 Å². The van der Waals surface area contributed by atoms with E-state index in [1.165, 1.54) is 24.0 Å². The molecule has 0 atom stereocenters. The van der Waals surface area contributed by atoms with Gasteiger partial charge in [0, 0.05) is 6.54 Å². The lowest BCUT2D eigenvalue weighted by molar-refractivity contribution is 0.928. The topological polar surface area (TPSA) is 26.0 Å². The average molecular weight is 137 g/mol. The van der Waals surface area contributed by atoms with Crippen LogP contribution < -0.4 is 5.73 Å². The maximum absolute atomic E-state index is 5.56. The zero-order chi connectivity index (χ0) is 7.40. The highest BCUT2D eigenvalue weighted by molar-refractivity contribution is 5.33. The van der Waals surface area contributed by atoms with Crippen LogP contribution in [0.3, 0.4) is 0 Å². The molecular formula is C9H15N. The van der Waals surface area contributed by atoms with Crippen molar-refractivity contribution in [2.75, 3.05) is 6.54 Å². The van der Waals surface area contributed by atoms with Gasteiger partial charge in [-0.25, -0.2) is 0 Å². The molecule has 0 aromatic heterocycles. The summed E-state index contributed by atoms with van der Waals surface area (Å²) in [4.78, 5) is 0. The van der Waals surface area contributed by atoms with Gasteiger partial charge in [0.05, 0.1) is 0 Å². The van der Waals surface area contributed by atoms with Gasteiger partial charge in [0.15, 0.2) is 0 Å². The zero-order valence-corrected chi connectivity index (χ0v) is 6.56. The summed E-state index contributed by atoms with van der Waals surface area (Å²) in [6.07, 6.45) is 8.08. The molecule has 0 radical (unpaired) electrons. The Labute approximate surface area is 62.6 Å². The van der Waals surface area contributed by atoms with Crippen molar-refractivity contribution < 1.29 is 0 Å². The fourth-order valence-electron chi connectivity index (χ4n) is 1.36. The van der Waals surface area contributed by atoms with Crippen LogP contribution in [-0.4, -0.2) is 6.54 Å². The standard InChI is InChI=1S/C9H15N/c1-2-8-5-3-4-6-9(8)7-10/h5-6H,2-4,7,10H2,1H3. The van der Waals surface area contributed by atoms with Crippen LogP contribution in [0.15, 0.2) is 23.3 Å². The minimum atomic E-state index is 0.708. The van der Waals surface area contributed by atoms with Gasteiger partial charge in [0.25, 0.3) is 0 Å². The van der Waals surface area contributed by atoms with Crippen LogP contribution >= 0.6 is 0 Å². The molecule has 0 fully saturated rings. The van der Waals surface area contributed by atoms with Gasteiger partial charge < -0.3 is 5.73 Å². The Morgan fingerprint density at radius 2 is 1.90 bits per heavy atom. The number of rotatable bonds is 2. The maximum atomic E-state index is 5.56. The van der Waals surface area contributed by atoms with Crippen LogP contribution in [0.5, 0.6) is 0 Å². The van der Waals surface area contributed by atoms with E-state index in [0.29, 0.717) is 6.54 Å². The summed E-state index contributed by atoms with van der Waals surface area (Å²) in [6.45, 7) is 2.89. The van der Waals surface area contributed by atoms with Gasteiger partial charge >= 0.3 is 0 Å². The van der Waals surface area contributed by atoms with E-state index >= 15 is 0 Å². The first-order chi connectivity index (χ1) is 4.88. The average Bonchev–Trinajstić information content (AvgIpc) is 2.04. The zero-order valence-electron chi connectivity index (χ0n) is 6.56. The molecule has 1 aliphatic rings. The van der Waals surface area contributed by atoms with Gasteiger partial charge in [0.1, 0.15) is 0 Å². The lowest BCUT2D eigenvalue weighted by Crippen LogP contribution is -2.07. The fourth-order valence-corrected chi connectivity index (χ4v) is 1.36. The first kappa shape index (κ1) is 7.55. The van der Waals surface area contributed by atoms with Crippen LogP contribution in [0.2, 0.25) is 0 Å². The van der Waals surface area contributed by atoms with E-state index in [0.717, 1.165) is 6.42 Å². The molecule has 0 heterocycles. The van der Waals surface area contributed by atoms with E-state index in [2.05, 4.69) is 19.1 Å². The third-order valence-electron chi connectivity index (χ3n) is 1.96. The molecule has 56 valence electrons. The molecule has 0 aromatic carbocycles. The Morgan fingerprint density at radius 3 is 2.30 bits per heavy atom. The first-order valence-corrected chi connectivity index (χ1v) is 3.97. The number of nitrogens with two attached hydrogens (primary N) is 1. The highest BCUT2D eigenvalue weighted by Crippen LogP contribution is 2.19. The normalized spacial score (nSPS) is 18.2. The predicted octanol–water partition coefficient (Wildman–Crippen LogP) is 2.00. The van der Waals surface area contributed by atoms with Crippen molar-refractivity contribution in [3.05, 3.63) is 23.3 Å². The van der Waals surface area contributed by atoms with Crippen molar-refractivity contribution >= 4 is 0 Å². The molecule has 0 bridgehead atoms. The van der Waals surface area contributed by atoms with Crippen molar-refractivity contribution in [1.82, 2.24) is 0 Å². The van der Waals surface area contributed by atoms with Crippen LogP contribution in [0.4, 0.5) is 0 Å². The van der Waals surface area contributed by atoms with Crippen molar-refractivity contribution in [2.45, 2.75) is 26.2 Å². The highest BCUT2D eigenvalue weighted by Gasteiger charge is 2.03. The quantitative estimate of drug-likeness (QED) is 0.619. The highest BCUT2D eigenvalue weighted by atomic mass is 14.5. The monoisotopic (exact) mass is 137 g/mol. The van der Waals surface area contributed by atoms with Gasteiger partial charge in [-0.05, 0) is 30.4 Å². The van der Waals surface area contributed by atoms with Crippen molar-refractivity contribution in [2.24, 2.45) is 5.73 Å². The molecule has 2 N–H and O–H groups in total. The predicted molar refractivity (Wildman–Crippen MR) is 44.7 cm³/mol. The van der Waals surface area contributed by atoms with Crippen LogP contribution in [0, 0.1) is 0 Å². The lowest BCUT2D eigenvalue weighted by Gasteiger charge is -2.12. The third-order valence-corrected chi connectivity index (χ3v) is 1.96. The second-order valence-corrected chi connectivity index (χ2v) is 2.59. The van der Waals surface area contributed by atoms with E-state index < -0.39 is 0 Å². The molecule has 10 heavy (non-hydrogen) atoms. The van der Waals surface area contributed by atoms with E-state index in [1.807, 2.05) is 0 Å². The van der Waals surface area contributed by atoms with E-state index in [-0.39, 0.29) is 0 Å². The number of allylic oxidation sites excluding steroid dienone is 2. The maximum Gasteiger partial charge on any atom is 0.0177 e. The summed E-state index contributed by atoms with van der Waals surface area (Å²) in [6, 6.07) is 0. The van der Waals surface area contributed by atoms with E-state index in [9.17, 15) is 0 Å². The second-order valence-electron chi connectivity index (χ2n) is 2.59. The van der Waals surface area contributed by atoms with Crippen LogP contribution in [-0.2, 0) is 0 Å². The molecule has 0 unspecified atom stereocenters. The van der Waals surface area contributed by atoms with Crippen LogP contribution in [0.1, 0.15) is 26.2 Å². The summed E-state index contributed by atoms with van der Waals surface area (Å²) < 4.78 is 0. The van der Waals surface area contributed by atoms with Gasteiger partial charge in [-0.3, -0.25) is 0 Å². The molecule has 0 aromatic rings. The molecular weight excluding hydrogens is 122 g/mol. The van der Waals surface area contributed by atoms with Gasteiger partial charge in [-0.1, -0.05) is 19.1 Å². The van der Waals surface area contributed by atoms with E-state index in [1.54, 1.807) is 0 Å². The van der Waals surface area contributed by atoms with Crippen LogP contribution in [0.25, 0.3) is 0 Å². The SMILES string of the molecule is CCC1=CCCC=C1CN. The van der Waals surface area contributed by atoms with E-state index in [4.69, 9.17) is 5.73 Å². The molecule has 1 rings (SSSR count). The number of hydrogen-bond acceptors (Lipinski definition) is 1. The summed E-state index contributed by atoms with van der Waals surface area (Å²) >= 11 is 0. The molecule has 0 aliphatic heterocycles. The smallest absolute Gasteiger partial charge is 0.0177 e. The van der Waals surface area contributed by atoms with Gasteiger partial charge in [-0.15, -0.1) is 0 Å². The summed E-state index contributed by atoms with van der Waals surface area (Å²) in [7, 11) is 0. The fraction of sp³-hybridized carbons (Fsp3) is 0.556. The van der Waals surface area contributed by atoms with Crippen molar-refractivity contribution in [1.29, 1.82) is 0 Å². The first-order valence-electron chi connectivity index (χ1n) is 3.97. The minimum absolute atomic E-state index is 0.708. The molecule has 0 saturated heterocycles. The molecule has 0 amide bonds. The molecule has 0 saturated carbocycles. The summed E-state index contributed by atoms with van der Waals surface area (Å²) in [5.41, 5.74) is 8.37. The Morgan fingerprint density at radius 1 is 1.30 bits per heavy atom. The Bertz CT molecular complexity index is 146. The largest absolute Gasteiger partial charge is 0.326 e. The summed E-state index contributed by atoms with van der Waals surface area (Å²) in [5.74, 6) is 0. The molecule has 0 spiro atoms. The third kappa shape index (κ3) is 1.48. The minimum Gasteiger partial charge on any atom is -0.326 e. The second kappa shape index (κ2) is 3.57.